The molecule has 0 unspecified atom stereocenters. The Balaban J connectivity index is 1.49. The van der Waals surface area contributed by atoms with Gasteiger partial charge in [0.1, 0.15) is 65.2 Å². The number of phenolic OH excluding ortho intramolecular Hbond substituents is 4. The van der Waals surface area contributed by atoms with E-state index in [1.807, 2.05) is 0 Å². The first-order valence-corrected chi connectivity index (χ1v) is 13.0. The van der Waals surface area contributed by atoms with Crippen molar-refractivity contribution in [2.75, 3.05) is 6.61 Å². The van der Waals surface area contributed by atoms with Gasteiger partial charge in [0, 0.05) is 17.7 Å². The molecule has 1 aromatic heterocycles. The van der Waals surface area contributed by atoms with Gasteiger partial charge in [-0.3, -0.25) is 4.79 Å². The van der Waals surface area contributed by atoms with Gasteiger partial charge in [0.2, 0.25) is 17.5 Å². The molecule has 2 aliphatic rings. The number of fused-ring (bicyclic) bond motifs is 1. The summed E-state index contributed by atoms with van der Waals surface area (Å²) in [6.45, 7) is 0.466. The van der Waals surface area contributed by atoms with Crippen molar-refractivity contribution < 1.29 is 74.4 Å². The number of phenols is 4. The molecule has 0 saturated carbocycles. The second kappa shape index (κ2) is 11.8. The topological polar surface area (TPSA) is 269 Å². The lowest BCUT2D eigenvalue weighted by Gasteiger charge is -2.42. The Morgan fingerprint density at radius 3 is 2.19 bits per heavy atom. The summed E-state index contributed by atoms with van der Waals surface area (Å²) in [5.41, 5.74) is -1.35. The summed E-state index contributed by atoms with van der Waals surface area (Å²) in [5.74, 6) is -3.33. The Hall–Kier alpha value is -3.71. The lowest BCUT2D eigenvalue weighted by molar-refractivity contribution is -0.315. The number of rotatable bonds is 7. The smallest absolute Gasteiger partial charge is 0.239 e. The molecule has 10 atom stereocenters. The van der Waals surface area contributed by atoms with E-state index in [-0.39, 0.29) is 11.1 Å². The quantitative estimate of drug-likeness (QED) is 0.134. The highest BCUT2D eigenvalue weighted by molar-refractivity contribution is 5.88. The fraction of sp³-hybridized carbons (Fsp3) is 0.444. The fourth-order valence-corrected chi connectivity index (χ4v) is 5.00. The number of hydrogen-bond acceptors (Lipinski definition) is 16. The van der Waals surface area contributed by atoms with Crippen LogP contribution in [0.2, 0.25) is 0 Å². The molecule has 2 aromatic carbocycles. The third-order valence-electron chi connectivity index (χ3n) is 7.23. The Labute approximate surface area is 241 Å². The van der Waals surface area contributed by atoms with Crippen LogP contribution in [0.4, 0.5) is 0 Å². The van der Waals surface area contributed by atoms with Gasteiger partial charge in [0.25, 0.3) is 0 Å². The molecule has 234 valence electrons. The van der Waals surface area contributed by atoms with Crippen LogP contribution >= 0.6 is 0 Å². The van der Waals surface area contributed by atoms with E-state index >= 15 is 0 Å². The number of benzene rings is 2. The van der Waals surface area contributed by atoms with Crippen molar-refractivity contribution in [3.05, 3.63) is 40.6 Å². The van der Waals surface area contributed by atoms with Crippen molar-refractivity contribution in [2.24, 2.45) is 0 Å². The van der Waals surface area contributed by atoms with Gasteiger partial charge in [0.15, 0.2) is 23.5 Å². The van der Waals surface area contributed by atoms with Crippen LogP contribution in [0.25, 0.3) is 22.3 Å². The Bertz CT molecular complexity index is 1540. The van der Waals surface area contributed by atoms with Gasteiger partial charge in [-0.05, 0) is 25.1 Å². The zero-order valence-corrected chi connectivity index (χ0v) is 22.3. The molecule has 16 heteroatoms. The van der Waals surface area contributed by atoms with E-state index in [2.05, 4.69) is 0 Å². The largest absolute Gasteiger partial charge is 0.508 e. The van der Waals surface area contributed by atoms with E-state index in [9.17, 15) is 55.9 Å². The predicted molar refractivity (Wildman–Crippen MR) is 140 cm³/mol. The summed E-state index contributed by atoms with van der Waals surface area (Å²) in [4.78, 5) is 13.6. The van der Waals surface area contributed by atoms with E-state index in [0.717, 1.165) is 24.3 Å². The molecule has 2 saturated heterocycles. The highest BCUT2D eigenvalue weighted by atomic mass is 16.7. The summed E-state index contributed by atoms with van der Waals surface area (Å²) in [5, 5.41) is 102. The second-order valence-electron chi connectivity index (χ2n) is 10.2. The molecule has 0 spiro atoms. The summed E-state index contributed by atoms with van der Waals surface area (Å²) in [6.07, 6.45) is -16.1. The fourth-order valence-electron chi connectivity index (χ4n) is 5.00. The zero-order chi connectivity index (χ0) is 31.3. The summed E-state index contributed by atoms with van der Waals surface area (Å²) < 4.78 is 27.9. The molecule has 3 heterocycles. The minimum atomic E-state index is -1.99. The maximum absolute atomic E-state index is 13.6. The van der Waals surface area contributed by atoms with Crippen molar-refractivity contribution in [2.45, 2.75) is 68.3 Å². The van der Waals surface area contributed by atoms with Crippen LogP contribution in [0.1, 0.15) is 6.92 Å². The van der Waals surface area contributed by atoms with E-state index in [0.29, 0.717) is 0 Å². The lowest BCUT2D eigenvalue weighted by atomic mass is 9.98. The first-order chi connectivity index (χ1) is 20.3. The average molecular weight is 611 g/mol. The Morgan fingerprint density at radius 1 is 0.860 bits per heavy atom. The average Bonchev–Trinajstić information content (AvgIpc) is 3.23. The molecule has 2 aliphatic heterocycles. The molecule has 2 fully saturated rings. The van der Waals surface area contributed by atoms with Gasteiger partial charge in [-0.1, -0.05) is 0 Å². The molecule has 0 radical (unpaired) electrons. The van der Waals surface area contributed by atoms with Crippen molar-refractivity contribution >= 4 is 11.0 Å². The standard InChI is InChI=1S/C27H30O16/c1-8(29)22-18(35)20(37)27(41-22)42-24-15(7-28)40-26(21(38)19(24)36)43-25-17(34)16-13(33)5-10(30)6-14(16)39-23(25)9-2-3-11(31)12(32)4-9/h2-6,8,15,18-22,24,26-33,35-38H,7H2,1H3/t8-,15+,18-,19+,20+,21+,22-,24+,26-,27-/m0/s1. The van der Waals surface area contributed by atoms with E-state index < -0.39 is 113 Å². The minimum Gasteiger partial charge on any atom is -0.508 e. The Kier molecular flexibility index (Phi) is 8.41. The van der Waals surface area contributed by atoms with E-state index in [4.69, 9.17) is 23.4 Å². The maximum Gasteiger partial charge on any atom is 0.239 e. The van der Waals surface area contributed by atoms with E-state index in [1.54, 1.807) is 0 Å². The van der Waals surface area contributed by atoms with Gasteiger partial charge >= 0.3 is 0 Å². The Morgan fingerprint density at radius 2 is 1.56 bits per heavy atom. The molecular weight excluding hydrogens is 580 g/mol. The van der Waals surface area contributed by atoms with Gasteiger partial charge in [0.05, 0.1) is 12.7 Å². The molecule has 43 heavy (non-hydrogen) atoms. The minimum absolute atomic E-state index is 0.0310. The molecule has 16 nitrogen and oxygen atoms in total. The number of ether oxygens (including phenoxy) is 4. The highest BCUT2D eigenvalue weighted by Gasteiger charge is 2.52. The number of aliphatic hydroxyl groups is 6. The zero-order valence-electron chi connectivity index (χ0n) is 22.3. The van der Waals surface area contributed by atoms with Gasteiger partial charge in [-0.15, -0.1) is 0 Å². The number of aliphatic hydroxyl groups excluding tert-OH is 6. The van der Waals surface area contributed by atoms with Crippen LogP contribution in [0.3, 0.4) is 0 Å². The summed E-state index contributed by atoms with van der Waals surface area (Å²) in [6, 6.07) is 5.24. The monoisotopic (exact) mass is 610 g/mol. The summed E-state index contributed by atoms with van der Waals surface area (Å²) >= 11 is 0. The van der Waals surface area contributed by atoms with Crippen LogP contribution in [0.5, 0.6) is 28.7 Å². The first kappa shape index (κ1) is 30.7. The van der Waals surface area contributed by atoms with E-state index in [1.165, 1.54) is 13.0 Å². The van der Waals surface area contributed by atoms with Crippen molar-refractivity contribution in [3.63, 3.8) is 0 Å². The molecule has 5 rings (SSSR count). The first-order valence-electron chi connectivity index (χ1n) is 13.0. The molecular formula is C27H30O16. The highest BCUT2D eigenvalue weighted by Crippen LogP contribution is 2.40. The third-order valence-corrected chi connectivity index (χ3v) is 7.23. The molecule has 3 aromatic rings. The van der Waals surface area contributed by atoms with Gasteiger partial charge < -0.3 is 74.4 Å². The lowest BCUT2D eigenvalue weighted by Crippen LogP contribution is -2.62. The molecule has 0 bridgehead atoms. The third kappa shape index (κ3) is 5.55. The van der Waals surface area contributed by atoms with Crippen LogP contribution < -0.4 is 10.2 Å². The van der Waals surface area contributed by atoms with Crippen LogP contribution in [0.15, 0.2) is 39.5 Å². The van der Waals surface area contributed by atoms with Crippen molar-refractivity contribution in [1.82, 2.24) is 0 Å². The van der Waals surface area contributed by atoms with Gasteiger partial charge in [-0.2, -0.15) is 0 Å². The van der Waals surface area contributed by atoms with Crippen LogP contribution in [0, 0.1) is 0 Å². The molecule has 0 aliphatic carbocycles. The van der Waals surface area contributed by atoms with Crippen molar-refractivity contribution in [3.8, 4) is 40.1 Å². The SMILES string of the molecule is C[C@H](O)[C@@H]1O[C@@H](O[C@H]2[C@H](O)[C@@H](O)[C@H](Oc3c(-c4ccc(O)c(O)c4)oc4cc(O)cc(O)c4c3=O)O[C@@H]2CO)[C@H](O)[C@@H]1O. The van der Waals surface area contributed by atoms with Gasteiger partial charge in [-0.25, -0.2) is 0 Å². The second-order valence-corrected chi connectivity index (χ2v) is 10.2. The summed E-state index contributed by atoms with van der Waals surface area (Å²) in [7, 11) is 0. The normalized spacial score (nSPS) is 31.7. The molecule has 0 amide bonds. The van der Waals surface area contributed by atoms with Crippen molar-refractivity contribution in [1.29, 1.82) is 0 Å². The molecule has 10 N–H and O–H groups in total. The number of hydrogen-bond donors (Lipinski definition) is 10. The van der Waals surface area contributed by atoms with Crippen LogP contribution in [-0.4, -0.2) is 119 Å². The maximum atomic E-state index is 13.6. The number of aromatic hydroxyl groups is 4. The van der Waals surface area contributed by atoms with Crippen LogP contribution in [-0.2, 0) is 14.2 Å². The predicted octanol–water partition coefficient (Wildman–Crippen LogP) is -1.69.